The molecule has 1 atom stereocenters. The van der Waals surface area contributed by atoms with Crippen LogP contribution in [-0.2, 0) is 19.6 Å². The van der Waals surface area contributed by atoms with Crippen LogP contribution in [0.1, 0.15) is 63.2 Å². The highest BCUT2D eigenvalue weighted by molar-refractivity contribution is 7.93. The molecule has 2 aromatic rings. The number of halogens is 2. The van der Waals surface area contributed by atoms with Crippen molar-refractivity contribution in [3.8, 4) is 0 Å². The van der Waals surface area contributed by atoms with E-state index in [0.717, 1.165) is 10.7 Å². The molecule has 3 amide bonds. The first kappa shape index (κ1) is 37.3. The van der Waals surface area contributed by atoms with Crippen LogP contribution in [0.4, 0.5) is 10.5 Å². The molecule has 2 saturated heterocycles. The van der Waals surface area contributed by atoms with Gasteiger partial charge in [-0.25, -0.2) is 13.2 Å². The molecule has 0 spiro atoms. The molecule has 0 radical (unpaired) electrons. The third kappa shape index (κ3) is 8.54. The minimum atomic E-state index is -4.20. The zero-order chi connectivity index (χ0) is 35.3. The molecule has 260 valence electrons. The molecule has 0 aliphatic carbocycles. The molecule has 0 unspecified atom stereocenters. The number of sulfonamides is 1. The Morgan fingerprint density at radius 2 is 1.71 bits per heavy atom. The van der Waals surface area contributed by atoms with Crippen molar-refractivity contribution in [2.75, 3.05) is 37.0 Å². The monoisotopic (exact) mass is 718 g/mol. The second-order valence-corrected chi connectivity index (χ2v) is 15.9. The minimum Gasteiger partial charge on any atom is -0.444 e. The van der Waals surface area contributed by atoms with Gasteiger partial charge in [-0.3, -0.25) is 13.9 Å². The van der Waals surface area contributed by atoms with Gasteiger partial charge in [0.2, 0.25) is 5.91 Å². The molecular formula is C35H44Cl2N4O6S. The maximum absolute atomic E-state index is 14.1. The van der Waals surface area contributed by atoms with Crippen molar-refractivity contribution in [1.29, 1.82) is 0 Å². The van der Waals surface area contributed by atoms with Gasteiger partial charge in [0.1, 0.15) is 10.5 Å². The summed E-state index contributed by atoms with van der Waals surface area (Å²) in [4.78, 5) is 43.4. The van der Waals surface area contributed by atoms with Crippen LogP contribution in [0, 0.1) is 5.41 Å². The van der Waals surface area contributed by atoms with E-state index in [1.807, 2.05) is 25.7 Å². The molecule has 2 aromatic carbocycles. The van der Waals surface area contributed by atoms with Crippen molar-refractivity contribution < 1.29 is 27.5 Å². The van der Waals surface area contributed by atoms with Crippen LogP contribution < -0.4 is 9.62 Å². The van der Waals surface area contributed by atoms with Gasteiger partial charge in [-0.2, -0.15) is 0 Å². The van der Waals surface area contributed by atoms with Crippen molar-refractivity contribution in [2.45, 2.75) is 69.4 Å². The quantitative estimate of drug-likeness (QED) is 0.259. The Balaban J connectivity index is 1.46. The number of nitrogens with one attached hydrogen (secondary N) is 1. The summed E-state index contributed by atoms with van der Waals surface area (Å²) in [5.41, 5.74) is -0.837. The van der Waals surface area contributed by atoms with E-state index < -0.39 is 26.9 Å². The van der Waals surface area contributed by atoms with E-state index in [9.17, 15) is 22.8 Å². The van der Waals surface area contributed by atoms with Crippen LogP contribution >= 0.6 is 23.2 Å². The average Bonchev–Trinajstić information content (AvgIpc) is 3.51. The van der Waals surface area contributed by atoms with E-state index >= 15 is 0 Å². The van der Waals surface area contributed by atoms with Gasteiger partial charge in [-0.15, -0.1) is 13.2 Å². The van der Waals surface area contributed by atoms with Crippen LogP contribution in [0.5, 0.6) is 0 Å². The number of nitrogens with zero attached hydrogens (tertiary/aromatic N) is 3. The lowest BCUT2D eigenvalue weighted by atomic mass is 9.74. The van der Waals surface area contributed by atoms with E-state index in [0.29, 0.717) is 56.0 Å². The van der Waals surface area contributed by atoms with Crippen molar-refractivity contribution in [1.82, 2.24) is 15.1 Å². The zero-order valence-electron chi connectivity index (χ0n) is 27.7. The van der Waals surface area contributed by atoms with Crippen LogP contribution in [0.25, 0.3) is 0 Å². The summed E-state index contributed by atoms with van der Waals surface area (Å²) < 4.78 is 34.2. The molecule has 48 heavy (non-hydrogen) atoms. The van der Waals surface area contributed by atoms with E-state index in [1.165, 1.54) is 24.3 Å². The predicted octanol–water partition coefficient (Wildman–Crippen LogP) is 6.69. The smallest absolute Gasteiger partial charge is 0.410 e. The van der Waals surface area contributed by atoms with Crippen LogP contribution in [0.2, 0.25) is 10.0 Å². The predicted molar refractivity (Wildman–Crippen MR) is 189 cm³/mol. The van der Waals surface area contributed by atoms with Crippen LogP contribution in [0.15, 0.2) is 72.7 Å². The molecule has 0 bridgehead atoms. The number of hydrogen-bond acceptors (Lipinski definition) is 6. The van der Waals surface area contributed by atoms with E-state index in [-0.39, 0.29) is 46.6 Å². The fourth-order valence-corrected chi connectivity index (χ4v) is 8.25. The van der Waals surface area contributed by atoms with Crippen molar-refractivity contribution in [3.05, 3.63) is 83.4 Å². The van der Waals surface area contributed by atoms with Gasteiger partial charge in [0.05, 0.1) is 22.7 Å². The number of hydrogen-bond donors (Lipinski definition) is 1. The Hall–Kier alpha value is -3.54. The third-order valence-electron chi connectivity index (χ3n) is 8.67. The van der Waals surface area contributed by atoms with Gasteiger partial charge in [0, 0.05) is 42.8 Å². The summed E-state index contributed by atoms with van der Waals surface area (Å²) in [6, 6.07) is 10.2. The number of piperidine rings is 1. The lowest BCUT2D eigenvalue weighted by Gasteiger charge is -2.43. The first-order chi connectivity index (χ1) is 22.6. The summed E-state index contributed by atoms with van der Waals surface area (Å²) in [5.74, 6) is -0.497. The number of allylic oxidation sites excluding steroid dienone is 1. The summed E-state index contributed by atoms with van der Waals surface area (Å²) in [6.45, 7) is 14.6. The molecule has 2 aliphatic rings. The number of likely N-dealkylation sites (tertiary alicyclic amines) is 2. The normalized spacial score (nSPS) is 17.8. The zero-order valence-corrected chi connectivity index (χ0v) is 30.0. The molecule has 2 aliphatic heterocycles. The molecule has 2 heterocycles. The first-order valence-corrected chi connectivity index (χ1v) is 18.2. The highest BCUT2D eigenvalue weighted by Crippen LogP contribution is 2.40. The highest BCUT2D eigenvalue weighted by Gasteiger charge is 2.46. The van der Waals surface area contributed by atoms with E-state index in [4.69, 9.17) is 27.9 Å². The first-order valence-electron chi connectivity index (χ1n) is 16.0. The Morgan fingerprint density at radius 3 is 2.31 bits per heavy atom. The fraction of sp³-hybridized carbons (Fsp3) is 0.457. The number of benzene rings is 2. The minimum absolute atomic E-state index is 0.00706. The number of anilines is 1. The molecule has 13 heteroatoms. The van der Waals surface area contributed by atoms with Crippen molar-refractivity contribution in [3.63, 3.8) is 0 Å². The largest absolute Gasteiger partial charge is 0.444 e. The summed E-state index contributed by atoms with van der Waals surface area (Å²) in [5, 5.41) is 3.32. The van der Waals surface area contributed by atoms with Gasteiger partial charge in [0.15, 0.2) is 0 Å². The number of carbonyl (C=O) groups is 3. The second-order valence-electron chi connectivity index (χ2n) is 13.2. The molecule has 4 rings (SSSR count). The molecular weight excluding hydrogens is 675 g/mol. The fourth-order valence-electron chi connectivity index (χ4n) is 6.19. The topological polar surface area (TPSA) is 116 Å². The van der Waals surface area contributed by atoms with Crippen LogP contribution in [-0.4, -0.2) is 80.5 Å². The van der Waals surface area contributed by atoms with Gasteiger partial charge >= 0.3 is 6.09 Å². The second kappa shape index (κ2) is 15.3. The summed E-state index contributed by atoms with van der Waals surface area (Å²) in [7, 11) is -4.20. The lowest BCUT2D eigenvalue weighted by Crippen LogP contribution is -2.54. The van der Waals surface area contributed by atoms with Gasteiger partial charge in [-0.1, -0.05) is 35.4 Å². The maximum atomic E-state index is 14.1. The van der Waals surface area contributed by atoms with E-state index in [1.54, 1.807) is 35.2 Å². The molecule has 0 saturated carbocycles. The number of amides is 3. The Bertz CT molecular complexity index is 1630. The number of ether oxygens (including phenoxy) is 1. The number of carbonyl (C=O) groups excluding carboxylic acids is 3. The van der Waals surface area contributed by atoms with Crippen molar-refractivity contribution >= 4 is 56.8 Å². The van der Waals surface area contributed by atoms with E-state index in [2.05, 4.69) is 18.5 Å². The van der Waals surface area contributed by atoms with Gasteiger partial charge < -0.3 is 19.9 Å². The SMILES string of the molecule is C=CCN(c1ccc(Cl)cc1)S(=O)(=O)c1cc(C(=O)NC[C@H]2CCCN2C(=O)C2(CC=C)CCN(C(=O)OC(C)(C)C)CC2)ccc1Cl. The third-order valence-corrected chi connectivity index (χ3v) is 11.2. The molecule has 0 aromatic heterocycles. The Labute approximate surface area is 293 Å². The average molecular weight is 720 g/mol. The van der Waals surface area contributed by atoms with Crippen molar-refractivity contribution in [2.24, 2.45) is 5.41 Å². The van der Waals surface area contributed by atoms with Crippen LogP contribution in [0.3, 0.4) is 0 Å². The maximum Gasteiger partial charge on any atom is 0.410 e. The lowest BCUT2D eigenvalue weighted by molar-refractivity contribution is -0.146. The highest BCUT2D eigenvalue weighted by atomic mass is 35.5. The molecule has 2 fully saturated rings. The van der Waals surface area contributed by atoms with Gasteiger partial charge in [0.25, 0.3) is 15.9 Å². The van der Waals surface area contributed by atoms with Gasteiger partial charge in [-0.05, 0) is 95.3 Å². The standard InChI is InChI=1S/C35H44Cl2N4O6S/c1-6-16-35(17-21-39(22-18-35)33(44)47-34(3,4)5)32(43)40-20-8-9-28(40)24-38-31(42)25-10-15-29(37)30(23-25)48(45,46)41(19-7-2)27-13-11-26(36)12-14-27/h6-7,10-15,23,28H,1-2,8-9,16-22,24H2,3-5H3,(H,38,42)/t28-/m1/s1. The Morgan fingerprint density at radius 1 is 1.04 bits per heavy atom. The summed E-state index contributed by atoms with van der Waals surface area (Å²) in [6.07, 6.45) is 5.75. The summed E-state index contributed by atoms with van der Waals surface area (Å²) >= 11 is 12.4. The molecule has 10 nitrogen and oxygen atoms in total. The Kier molecular flexibility index (Phi) is 11.9. The number of rotatable bonds is 11. The molecule has 1 N–H and O–H groups in total.